The first-order valence-electron chi connectivity index (χ1n) is 2.92. The third kappa shape index (κ3) is 2.39. The van der Waals surface area contributed by atoms with E-state index in [0.717, 1.165) is 0 Å². The molecule has 1 N–H and O–H groups in total. The zero-order chi connectivity index (χ0) is 8.31. The van der Waals surface area contributed by atoms with E-state index >= 15 is 0 Å². The summed E-state index contributed by atoms with van der Waals surface area (Å²) in [5.41, 5.74) is 0. The number of hydrogen-bond donors (Lipinski definition) is 2. The molecule has 0 saturated heterocycles. The standard InChI is InChI=1S/C6H10O3S/c1-3(2)5(10)4(7)6(8)9/h3,5,10H,1-2H3,(H,8,9). The van der Waals surface area contributed by atoms with E-state index < -0.39 is 17.0 Å². The minimum Gasteiger partial charge on any atom is -0.475 e. The highest BCUT2D eigenvalue weighted by Gasteiger charge is 2.23. The van der Waals surface area contributed by atoms with Gasteiger partial charge in [0.2, 0.25) is 0 Å². The van der Waals surface area contributed by atoms with Crippen LogP contribution >= 0.6 is 12.6 Å². The molecule has 0 heterocycles. The number of rotatable bonds is 3. The Hall–Kier alpha value is -0.510. The van der Waals surface area contributed by atoms with Crippen molar-refractivity contribution in [1.29, 1.82) is 0 Å². The number of aliphatic carboxylic acids is 1. The smallest absolute Gasteiger partial charge is 0.373 e. The molecule has 10 heavy (non-hydrogen) atoms. The van der Waals surface area contributed by atoms with Crippen LogP contribution in [0.2, 0.25) is 0 Å². The summed E-state index contributed by atoms with van der Waals surface area (Å²) in [4.78, 5) is 20.7. The summed E-state index contributed by atoms with van der Waals surface area (Å²) in [5, 5.41) is 7.52. The molecule has 0 amide bonds. The van der Waals surface area contributed by atoms with Crippen LogP contribution in [0.4, 0.5) is 0 Å². The van der Waals surface area contributed by atoms with Crippen molar-refractivity contribution >= 4 is 24.4 Å². The van der Waals surface area contributed by atoms with E-state index in [9.17, 15) is 9.59 Å². The van der Waals surface area contributed by atoms with Crippen molar-refractivity contribution < 1.29 is 14.7 Å². The van der Waals surface area contributed by atoms with Gasteiger partial charge in [0.1, 0.15) is 0 Å². The summed E-state index contributed by atoms with van der Waals surface area (Å²) in [7, 11) is 0. The highest BCUT2D eigenvalue weighted by Crippen LogP contribution is 2.09. The van der Waals surface area contributed by atoms with Gasteiger partial charge in [-0.1, -0.05) is 13.8 Å². The number of carbonyl (C=O) groups excluding carboxylic acids is 1. The minimum atomic E-state index is -1.41. The van der Waals surface area contributed by atoms with Crippen LogP contribution in [0.1, 0.15) is 13.8 Å². The number of carboxylic acid groups (broad SMARTS) is 1. The Morgan fingerprint density at radius 3 is 1.90 bits per heavy atom. The molecule has 0 rings (SSSR count). The van der Waals surface area contributed by atoms with Gasteiger partial charge in [0, 0.05) is 0 Å². The topological polar surface area (TPSA) is 54.4 Å². The molecular weight excluding hydrogens is 152 g/mol. The molecule has 0 aromatic heterocycles. The van der Waals surface area contributed by atoms with Crippen LogP contribution in [-0.4, -0.2) is 22.1 Å². The third-order valence-electron chi connectivity index (χ3n) is 1.11. The maximum Gasteiger partial charge on any atom is 0.373 e. The Labute approximate surface area is 64.8 Å². The lowest BCUT2D eigenvalue weighted by Crippen LogP contribution is -2.27. The van der Waals surface area contributed by atoms with Gasteiger partial charge in [-0.3, -0.25) is 4.79 Å². The lowest BCUT2D eigenvalue weighted by Gasteiger charge is -2.08. The zero-order valence-electron chi connectivity index (χ0n) is 5.87. The van der Waals surface area contributed by atoms with Gasteiger partial charge in [-0.15, -0.1) is 0 Å². The van der Waals surface area contributed by atoms with E-state index in [1.807, 2.05) is 0 Å². The SMILES string of the molecule is CC(C)C(S)C(=O)C(=O)O. The summed E-state index contributed by atoms with van der Waals surface area (Å²) in [6, 6.07) is 0. The summed E-state index contributed by atoms with van der Waals surface area (Å²) >= 11 is 3.83. The van der Waals surface area contributed by atoms with Crippen LogP contribution in [0, 0.1) is 5.92 Å². The van der Waals surface area contributed by atoms with Crippen LogP contribution in [0.5, 0.6) is 0 Å². The van der Waals surface area contributed by atoms with Crippen molar-refractivity contribution in [2.24, 2.45) is 5.92 Å². The van der Waals surface area contributed by atoms with Crippen molar-refractivity contribution in [2.75, 3.05) is 0 Å². The molecule has 0 saturated carbocycles. The van der Waals surface area contributed by atoms with Crippen molar-refractivity contribution in [2.45, 2.75) is 19.1 Å². The van der Waals surface area contributed by atoms with Gasteiger partial charge in [0.05, 0.1) is 5.25 Å². The molecule has 58 valence electrons. The maximum atomic E-state index is 10.6. The Kier molecular flexibility index (Phi) is 3.42. The van der Waals surface area contributed by atoms with E-state index in [-0.39, 0.29) is 5.92 Å². The van der Waals surface area contributed by atoms with Crippen molar-refractivity contribution in [3.8, 4) is 0 Å². The number of thiol groups is 1. The molecule has 0 radical (unpaired) electrons. The fourth-order valence-electron chi connectivity index (χ4n) is 0.429. The number of carboxylic acids is 1. The van der Waals surface area contributed by atoms with E-state index in [4.69, 9.17) is 5.11 Å². The molecule has 0 fully saturated rings. The van der Waals surface area contributed by atoms with Gasteiger partial charge >= 0.3 is 5.97 Å². The first kappa shape index (κ1) is 9.49. The molecule has 4 heteroatoms. The molecule has 3 nitrogen and oxygen atoms in total. The molecule has 0 aliphatic carbocycles. The first-order chi connectivity index (χ1) is 4.46. The van der Waals surface area contributed by atoms with Gasteiger partial charge in [-0.25, -0.2) is 4.79 Å². The van der Waals surface area contributed by atoms with Crippen LogP contribution in [0.3, 0.4) is 0 Å². The second-order valence-corrected chi connectivity index (χ2v) is 2.91. The second-order valence-electron chi connectivity index (χ2n) is 2.36. The van der Waals surface area contributed by atoms with E-state index in [0.29, 0.717) is 0 Å². The van der Waals surface area contributed by atoms with Crippen LogP contribution in [0.25, 0.3) is 0 Å². The largest absolute Gasteiger partial charge is 0.475 e. The van der Waals surface area contributed by atoms with Crippen molar-refractivity contribution in [3.05, 3.63) is 0 Å². The number of carbonyl (C=O) groups is 2. The molecule has 0 aliphatic rings. The molecule has 0 aromatic carbocycles. The molecule has 0 aromatic rings. The first-order valence-corrected chi connectivity index (χ1v) is 3.43. The number of ketones is 1. The average molecular weight is 162 g/mol. The molecule has 0 bridgehead atoms. The predicted octanol–water partition coefficient (Wildman–Crippen LogP) is 0.595. The van der Waals surface area contributed by atoms with Gasteiger partial charge in [0.25, 0.3) is 5.78 Å². The zero-order valence-corrected chi connectivity index (χ0v) is 6.76. The number of hydrogen-bond acceptors (Lipinski definition) is 3. The quantitative estimate of drug-likeness (QED) is 0.472. The molecule has 1 atom stereocenters. The van der Waals surface area contributed by atoms with Crippen molar-refractivity contribution in [3.63, 3.8) is 0 Å². The second kappa shape index (κ2) is 3.61. The fourth-order valence-corrected chi connectivity index (χ4v) is 0.540. The highest BCUT2D eigenvalue weighted by molar-refractivity contribution is 7.82. The normalized spacial score (nSPS) is 13.2. The predicted molar refractivity (Wildman–Crippen MR) is 40.3 cm³/mol. The average Bonchev–Trinajstić information content (AvgIpc) is 1.84. The summed E-state index contributed by atoms with van der Waals surface area (Å²) in [5.74, 6) is -2.28. The minimum absolute atomic E-state index is 0.0352. The monoisotopic (exact) mass is 162 g/mol. The molecular formula is C6H10O3S. The Balaban J connectivity index is 4.08. The number of Topliss-reactive ketones (excluding diaryl/α,β-unsaturated/α-hetero) is 1. The van der Waals surface area contributed by atoms with E-state index in [1.165, 1.54) is 0 Å². The molecule has 1 unspecified atom stereocenters. The van der Waals surface area contributed by atoms with Gasteiger partial charge in [-0.2, -0.15) is 12.6 Å². The summed E-state index contributed by atoms with van der Waals surface area (Å²) in [6.45, 7) is 3.50. The van der Waals surface area contributed by atoms with Crippen molar-refractivity contribution in [1.82, 2.24) is 0 Å². The Morgan fingerprint density at radius 2 is 1.80 bits per heavy atom. The third-order valence-corrected chi connectivity index (χ3v) is 1.94. The fraction of sp³-hybridized carbons (Fsp3) is 0.667. The Morgan fingerprint density at radius 1 is 1.40 bits per heavy atom. The lowest BCUT2D eigenvalue weighted by atomic mass is 10.1. The Bertz CT molecular complexity index is 153. The van der Waals surface area contributed by atoms with E-state index in [1.54, 1.807) is 13.8 Å². The van der Waals surface area contributed by atoms with Gasteiger partial charge in [-0.05, 0) is 5.92 Å². The van der Waals surface area contributed by atoms with E-state index in [2.05, 4.69) is 12.6 Å². The maximum absolute atomic E-state index is 10.6. The van der Waals surface area contributed by atoms with Crippen LogP contribution < -0.4 is 0 Å². The highest BCUT2D eigenvalue weighted by atomic mass is 32.1. The summed E-state index contributed by atoms with van der Waals surface area (Å²) < 4.78 is 0. The molecule has 0 spiro atoms. The van der Waals surface area contributed by atoms with Gasteiger partial charge < -0.3 is 5.11 Å². The lowest BCUT2D eigenvalue weighted by molar-refractivity contribution is -0.149. The summed E-state index contributed by atoms with van der Waals surface area (Å²) in [6.07, 6.45) is 0. The van der Waals surface area contributed by atoms with Crippen LogP contribution in [0.15, 0.2) is 0 Å². The van der Waals surface area contributed by atoms with Crippen LogP contribution in [-0.2, 0) is 9.59 Å². The molecule has 0 aliphatic heterocycles. The van der Waals surface area contributed by atoms with Gasteiger partial charge in [0.15, 0.2) is 0 Å².